The minimum Gasteiger partial charge on any atom is -0.463 e. The van der Waals surface area contributed by atoms with Crippen molar-refractivity contribution in [1.82, 2.24) is 14.4 Å². The second kappa shape index (κ2) is 3.38. The van der Waals surface area contributed by atoms with Gasteiger partial charge in [-0.25, -0.2) is 14.8 Å². The van der Waals surface area contributed by atoms with E-state index in [1.165, 1.54) is 13.3 Å². The van der Waals surface area contributed by atoms with Crippen LogP contribution in [-0.2, 0) is 4.74 Å². The van der Waals surface area contributed by atoms with Crippen LogP contribution in [0.4, 0.5) is 0 Å². The van der Waals surface area contributed by atoms with Gasteiger partial charge in [-0.2, -0.15) is 0 Å². The molecule has 0 unspecified atom stereocenters. The molecule has 0 amide bonds. The molecule has 0 fully saturated rings. The van der Waals surface area contributed by atoms with E-state index in [1.54, 1.807) is 16.8 Å². The van der Waals surface area contributed by atoms with Crippen LogP contribution in [0.25, 0.3) is 5.65 Å². The van der Waals surface area contributed by atoms with Gasteiger partial charge in [-0.05, 0) is 15.9 Å². The van der Waals surface area contributed by atoms with Crippen molar-refractivity contribution in [2.75, 3.05) is 7.11 Å². The number of halogens is 1. The molecule has 0 aliphatic carbocycles. The lowest BCUT2D eigenvalue weighted by molar-refractivity contribution is 0.0586. The molecule has 0 N–H and O–H groups in total. The summed E-state index contributed by atoms with van der Waals surface area (Å²) >= 11 is 3.26. The summed E-state index contributed by atoms with van der Waals surface area (Å²) in [4.78, 5) is 19.2. The number of imidazole rings is 1. The van der Waals surface area contributed by atoms with E-state index in [4.69, 9.17) is 0 Å². The largest absolute Gasteiger partial charge is 0.463 e. The summed E-state index contributed by atoms with van der Waals surface area (Å²) in [7, 11) is 1.31. The summed E-state index contributed by atoms with van der Waals surface area (Å²) in [6, 6.07) is 0. The van der Waals surface area contributed by atoms with Crippen molar-refractivity contribution in [2.45, 2.75) is 0 Å². The van der Waals surface area contributed by atoms with Crippen molar-refractivity contribution < 1.29 is 9.53 Å². The highest BCUT2D eigenvalue weighted by molar-refractivity contribution is 9.10. The second-order valence-electron chi connectivity index (χ2n) is 2.57. The number of carbonyl (C=O) groups is 1. The maximum atomic E-state index is 11.3. The van der Waals surface area contributed by atoms with Crippen molar-refractivity contribution in [1.29, 1.82) is 0 Å². The highest BCUT2D eigenvalue weighted by Gasteiger charge is 2.13. The smallest absolute Gasteiger partial charge is 0.374 e. The third-order valence-corrected chi connectivity index (χ3v) is 2.13. The third-order valence-electron chi connectivity index (χ3n) is 1.72. The molecule has 0 radical (unpaired) electrons. The fraction of sp³-hybridized carbons (Fsp3) is 0.125. The molecule has 0 saturated heterocycles. The van der Waals surface area contributed by atoms with Crippen molar-refractivity contribution in [3.8, 4) is 0 Å². The highest BCUT2D eigenvalue weighted by Crippen LogP contribution is 2.11. The first-order chi connectivity index (χ1) is 6.72. The molecule has 2 heterocycles. The number of rotatable bonds is 1. The Morgan fingerprint density at radius 3 is 3.00 bits per heavy atom. The fourth-order valence-electron chi connectivity index (χ4n) is 1.10. The van der Waals surface area contributed by atoms with Crippen LogP contribution in [0, 0.1) is 0 Å². The van der Waals surface area contributed by atoms with Crippen LogP contribution < -0.4 is 0 Å². The molecule has 0 aliphatic heterocycles. The average Bonchev–Trinajstić information content (AvgIpc) is 2.59. The van der Waals surface area contributed by atoms with Crippen LogP contribution in [0.1, 0.15) is 10.6 Å². The van der Waals surface area contributed by atoms with Gasteiger partial charge in [0.2, 0.25) is 5.82 Å². The molecule has 0 saturated carbocycles. The van der Waals surface area contributed by atoms with Crippen LogP contribution in [0.2, 0.25) is 0 Å². The van der Waals surface area contributed by atoms with Gasteiger partial charge in [-0.15, -0.1) is 0 Å². The van der Waals surface area contributed by atoms with Crippen molar-refractivity contribution in [3.63, 3.8) is 0 Å². The Morgan fingerprint density at radius 1 is 1.50 bits per heavy atom. The molecule has 14 heavy (non-hydrogen) atoms. The van der Waals surface area contributed by atoms with Gasteiger partial charge in [0.05, 0.1) is 17.8 Å². The normalized spacial score (nSPS) is 10.4. The van der Waals surface area contributed by atoms with E-state index in [1.807, 2.05) is 0 Å². The highest BCUT2D eigenvalue weighted by atomic mass is 79.9. The lowest BCUT2D eigenvalue weighted by Crippen LogP contribution is -2.07. The molecule has 0 aromatic carbocycles. The molecule has 2 aromatic rings. The van der Waals surface area contributed by atoms with E-state index in [-0.39, 0.29) is 5.82 Å². The Kier molecular flexibility index (Phi) is 2.20. The van der Waals surface area contributed by atoms with Crippen LogP contribution in [0.5, 0.6) is 0 Å². The number of ether oxygens (including phenoxy) is 1. The maximum absolute atomic E-state index is 11.3. The Morgan fingerprint density at radius 2 is 2.29 bits per heavy atom. The van der Waals surface area contributed by atoms with Crippen LogP contribution in [0.15, 0.2) is 23.1 Å². The molecule has 0 aliphatic rings. The first-order valence-electron chi connectivity index (χ1n) is 3.79. The first kappa shape index (κ1) is 9.14. The zero-order valence-corrected chi connectivity index (χ0v) is 8.85. The summed E-state index contributed by atoms with van der Waals surface area (Å²) in [5.41, 5.74) is 0.605. The summed E-state index contributed by atoms with van der Waals surface area (Å²) in [5.74, 6) is -0.263. The summed E-state index contributed by atoms with van der Waals surface area (Å²) < 4.78 is 6.91. The number of nitrogens with zero attached hydrogens (tertiary/aromatic N) is 3. The molecule has 72 valence electrons. The first-order valence-corrected chi connectivity index (χ1v) is 4.58. The van der Waals surface area contributed by atoms with Gasteiger partial charge in [0.25, 0.3) is 0 Å². The van der Waals surface area contributed by atoms with E-state index < -0.39 is 5.97 Å². The monoisotopic (exact) mass is 255 g/mol. The lowest BCUT2D eigenvalue weighted by Gasteiger charge is -1.98. The minimum atomic E-state index is -0.482. The predicted octanol–water partition coefficient (Wildman–Crippen LogP) is 1.28. The molecular weight excluding hydrogens is 250 g/mol. The Labute approximate surface area is 87.9 Å². The van der Waals surface area contributed by atoms with Gasteiger partial charge in [0, 0.05) is 12.4 Å². The quantitative estimate of drug-likeness (QED) is 0.721. The number of fused-ring (bicyclic) bond motifs is 1. The van der Waals surface area contributed by atoms with Crippen LogP contribution in [-0.4, -0.2) is 27.4 Å². The molecule has 0 spiro atoms. The van der Waals surface area contributed by atoms with E-state index in [9.17, 15) is 4.79 Å². The number of hydrogen-bond donors (Lipinski definition) is 0. The molecule has 2 aromatic heterocycles. The van der Waals surface area contributed by atoms with Crippen LogP contribution >= 0.6 is 15.9 Å². The Balaban J connectivity index is 2.67. The van der Waals surface area contributed by atoms with Crippen LogP contribution in [0.3, 0.4) is 0 Å². The second-order valence-corrected chi connectivity index (χ2v) is 3.49. The number of esters is 1. The van der Waals surface area contributed by atoms with Gasteiger partial charge in [-0.3, -0.25) is 4.40 Å². The summed E-state index contributed by atoms with van der Waals surface area (Å²) in [5, 5.41) is 0. The number of aromatic nitrogens is 3. The molecule has 0 bridgehead atoms. The van der Waals surface area contributed by atoms with E-state index >= 15 is 0 Å². The van der Waals surface area contributed by atoms with Gasteiger partial charge >= 0.3 is 5.97 Å². The topological polar surface area (TPSA) is 56.5 Å². The zero-order chi connectivity index (χ0) is 10.1. The molecule has 2 rings (SSSR count). The number of carbonyl (C=O) groups excluding carboxylic acids is 1. The van der Waals surface area contributed by atoms with Crippen molar-refractivity contribution >= 4 is 27.5 Å². The van der Waals surface area contributed by atoms with Gasteiger partial charge in [0.15, 0.2) is 5.65 Å². The van der Waals surface area contributed by atoms with Crippen molar-refractivity contribution in [3.05, 3.63) is 28.9 Å². The minimum absolute atomic E-state index is 0.219. The molecular formula is C8H6BrN3O2. The Hall–Kier alpha value is -1.43. The maximum Gasteiger partial charge on any atom is 0.374 e. The fourth-order valence-corrected chi connectivity index (χ4v) is 1.41. The van der Waals surface area contributed by atoms with Crippen molar-refractivity contribution in [2.24, 2.45) is 0 Å². The molecule has 0 atom stereocenters. The van der Waals surface area contributed by atoms with E-state index in [0.29, 0.717) is 5.65 Å². The third kappa shape index (κ3) is 1.37. The van der Waals surface area contributed by atoms with Gasteiger partial charge in [0.1, 0.15) is 0 Å². The predicted molar refractivity (Wildman–Crippen MR) is 52.0 cm³/mol. The number of methoxy groups -OCH3 is 1. The van der Waals surface area contributed by atoms with Gasteiger partial charge in [-0.1, -0.05) is 0 Å². The van der Waals surface area contributed by atoms with E-state index in [2.05, 4.69) is 30.6 Å². The summed E-state index contributed by atoms with van der Waals surface area (Å²) in [6.45, 7) is 0. The standard InChI is InChI=1S/C8H6BrN3O2/c1-14-8(13)7-11-3-6-10-2-5(9)4-12(6)7/h2-4H,1H3. The zero-order valence-electron chi connectivity index (χ0n) is 7.27. The number of hydrogen-bond acceptors (Lipinski definition) is 4. The molecule has 5 nitrogen and oxygen atoms in total. The average molecular weight is 256 g/mol. The van der Waals surface area contributed by atoms with Gasteiger partial charge < -0.3 is 4.74 Å². The summed E-state index contributed by atoms with van der Waals surface area (Å²) in [6.07, 6.45) is 4.86. The van der Waals surface area contributed by atoms with E-state index in [0.717, 1.165) is 4.47 Å². The molecule has 6 heteroatoms. The SMILES string of the molecule is COC(=O)c1ncc2ncc(Br)cn12. The Bertz CT molecular complexity index is 494. The lowest BCUT2D eigenvalue weighted by atomic mass is 10.6.